The van der Waals surface area contributed by atoms with Gasteiger partial charge < -0.3 is 25.4 Å². The number of nitrogen functional groups attached to an aromatic ring is 1. The first-order valence-electron chi connectivity index (χ1n) is 10.2. The van der Waals surface area contributed by atoms with Crippen molar-refractivity contribution in [3.05, 3.63) is 42.1 Å². The number of halogens is 3. The minimum absolute atomic E-state index is 0.104. The number of carbonyl (C=O) groups is 2. The molecule has 1 fully saturated rings. The third-order valence-corrected chi connectivity index (χ3v) is 5.57. The third-order valence-electron chi connectivity index (χ3n) is 5.57. The lowest BCUT2D eigenvalue weighted by molar-refractivity contribution is -0.175. The van der Waals surface area contributed by atoms with Gasteiger partial charge in [-0.1, -0.05) is 18.1 Å². The van der Waals surface area contributed by atoms with Gasteiger partial charge in [0.2, 0.25) is 0 Å². The van der Waals surface area contributed by atoms with Crippen LogP contribution in [0.1, 0.15) is 19.0 Å². The van der Waals surface area contributed by atoms with E-state index in [2.05, 4.69) is 15.5 Å². The molecule has 1 aromatic carbocycles. The summed E-state index contributed by atoms with van der Waals surface area (Å²) in [6.45, 7) is 1.28. The number of fused-ring (bicyclic) bond motifs is 1. The normalized spacial score (nSPS) is 19.9. The smallest absolute Gasteiger partial charge is 0.380 e. The number of benzene rings is 1. The molecule has 1 unspecified atom stereocenters. The molecule has 1 aliphatic heterocycles. The fraction of sp³-hybridized carbons (Fsp3) is 0.333. The van der Waals surface area contributed by atoms with Crippen molar-refractivity contribution < 1.29 is 37.1 Å². The third kappa shape index (κ3) is 4.03. The summed E-state index contributed by atoms with van der Waals surface area (Å²) in [6, 6.07) is 7.64. The lowest BCUT2D eigenvalue weighted by Crippen LogP contribution is -2.65. The van der Waals surface area contributed by atoms with E-state index in [4.69, 9.17) is 15.0 Å². The van der Waals surface area contributed by atoms with Crippen molar-refractivity contribution in [3.63, 3.8) is 0 Å². The molecular weight excluding hydrogens is 459 g/mol. The number of aliphatic hydroxyl groups is 1. The Hall–Kier alpha value is -3.71. The summed E-state index contributed by atoms with van der Waals surface area (Å²) >= 11 is 0. The fourth-order valence-electron chi connectivity index (χ4n) is 3.76. The first-order chi connectivity index (χ1) is 16.1. The Morgan fingerprint density at radius 1 is 1.35 bits per heavy atom. The number of aromatic nitrogens is 2. The Morgan fingerprint density at radius 2 is 2.12 bits per heavy atom. The molecule has 2 atom stereocenters. The molecule has 1 aliphatic rings. The van der Waals surface area contributed by atoms with Crippen LogP contribution in [0.25, 0.3) is 11.0 Å². The predicted molar refractivity (Wildman–Crippen MR) is 114 cm³/mol. The molecule has 4 rings (SSSR count). The Kier molecular flexibility index (Phi) is 5.91. The van der Waals surface area contributed by atoms with Crippen LogP contribution >= 0.6 is 0 Å². The van der Waals surface area contributed by atoms with Gasteiger partial charge in [-0.05, 0) is 30.7 Å². The van der Waals surface area contributed by atoms with Gasteiger partial charge in [-0.25, -0.2) is 4.98 Å². The molecule has 2 aromatic heterocycles. The zero-order chi connectivity index (χ0) is 24.7. The molecular formula is C21H20F3N5O5. The monoisotopic (exact) mass is 479 g/mol. The van der Waals surface area contributed by atoms with E-state index in [0.29, 0.717) is 11.0 Å². The number of carbonyl (C=O) groups excluding carboxylic acids is 2. The van der Waals surface area contributed by atoms with E-state index in [0.717, 1.165) is 17.0 Å². The molecule has 1 saturated heterocycles. The van der Waals surface area contributed by atoms with Gasteiger partial charge in [0.1, 0.15) is 11.5 Å². The molecule has 0 spiro atoms. The van der Waals surface area contributed by atoms with Crippen molar-refractivity contribution in [1.29, 1.82) is 0 Å². The van der Waals surface area contributed by atoms with E-state index in [-0.39, 0.29) is 36.9 Å². The molecule has 2 amide bonds. The number of alkyl halides is 3. The number of morpholine rings is 1. The highest BCUT2D eigenvalue weighted by Crippen LogP contribution is 2.33. The average Bonchev–Trinajstić information content (AvgIpc) is 3.18. The molecule has 0 radical (unpaired) electrons. The van der Waals surface area contributed by atoms with Gasteiger partial charge in [0.25, 0.3) is 11.8 Å². The van der Waals surface area contributed by atoms with Crippen LogP contribution in [-0.4, -0.2) is 51.9 Å². The molecule has 0 saturated carbocycles. The maximum Gasteiger partial charge on any atom is 0.433 e. The number of nitrogens with zero attached hydrogens (tertiary/aromatic N) is 3. The van der Waals surface area contributed by atoms with Crippen LogP contribution < -0.4 is 16.0 Å². The molecule has 0 aliphatic carbocycles. The van der Waals surface area contributed by atoms with Gasteiger partial charge in [0.05, 0.1) is 18.5 Å². The van der Waals surface area contributed by atoms with Gasteiger partial charge in [0, 0.05) is 11.8 Å². The second kappa shape index (κ2) is 8.57. The summed E-state index contributed by atoms with van der Waals surface area (Å²) in [5, 5.41) is 17.5. The highest BCUT2D eigenvalue weighted by atomic mass is 19.4. The zero-order valence-corrected chi connectivity index (χ0v) is 17.8. The van der Waals surface area contributed by atoms with E-state index in [1.165, 1.54) is 25.1 Å². The maximum absolute atomic E-state index is 13.3. The minimum atomic E-state index is -4.71. The van der Waals surface area contributed by atoms with Crippen LogP contribution in [0, 0.1) is 0 Å². The van der Waals surface area contributed by atoms with Crippen LogP contribution in [0.2, 0.25) is 0 Å². The van der Waals surface area contributed by atoms with E-state index < -0.39 is 35.4 Å². The topological polar surface area (TPSA) is 144 Å². The van der Waals surface area contributed by atoms with Crippen LogP contribution in [0.3, 0.4) is 0 Å². The molecule has 10 nitrogen and oxygen atoms in total. The Labute approximate surface area is 190 Å². The van der Waals surface area contributed by atoms with Crippen molar-refractivity contribution in [2.45, 2.75) is 31.2 Å². The van der Waals surface area contributed by atoms with Crippen LogP contribution in [0.15, 0.2) is 40.9 Å². The SMILES string of the molecule is CC[C@]1(C(O)C(=O)Nc2ccc3c(N)noc3c2)OCCN(c2cccc(C(F)(F)F)n2)C1=O. The maximum atomic E-state index is 13.3. The highest BCUT2D eigenvalue weighted by molar-refractivity contribution is 6.06. The molecule has 3 aromatic rings. The predicted octanol–water partition coefficient (Wildman–Crippen LogP) is 2.34. The fourth-order valence-corrected chi connectivity index (χ4v) is 3.76. The summed E-state index contributed by atoms with van der Waals surface area (Å²) in [7, 11) is 0. The number of aliphatic hydroxyl groups excluding tert-OH is 1. The number of rotatable bonds is 5. The summed E-state index contributed by atoms with van der Waals surface area (Å²) < 4.78 is 49.9. The van der Waals surface area contributed by atoms with Gasteiger partial charge in [0.15, 0.2) is 23.1 Å². The van der Waals surface area contributed by atoms with Crippen molar-refractivity contribution in [1.82, 2.24) is 10.1 Å². The van der Waals surface area contributed by atoms with Crippen molar-refractivity contribution in [3.8, 4) is 0 Å². The van der Waals surface area contributed by atoms with E-state index in [1.54, 1.807) is 6.07 Å². The van der Waals surface area contributed by atoms with Gasteiger partial charge in [-0.2, -0.15) is 13.2 Å². The van der Waals surface area contributed by atoms with Crippen molar-refractivity contribution >= 4 is 40.1 Å². The van der Waals surface area contributed by atoms with Crippen LogP contribution in [0.5, 0.6) is 0 Å². The first kappa shape index (κ1) is 23.4. The Morgan fingerprint density at radius 3 is 2.82 bits per heavy atom. The summed E-state index contributed by atoms with van der Waals surface area (Å²) in [4.78, 5) is 30.7. The van der Waals surface area contributed by atoms with Crippen LogP contribution in [-0.2, 0) is 20.5 Å². The molecule has 0 bridgehead atoms. The molecule has 4 N–H and O–H groups in total. The second-order valence-corrected chi connectivity index (χ2v) is 7.60. The van der Waals surface area contributed by atoms with Crippen molar-refractivity contribution in [2.75, 3.05) is 29.1 Å². The largest absolute Gasteiger partial charge is 0.433 e. The molecule has 3 heterocycles. The minimum Gasteiger partial charge on any atom is -0.380 e. The number of hydrogen-bond donors (Lipinski definition) is 3. The standard InChI is InChI=1S/C21H20F3N5O5/c1-2-20(16(30)18(31)26-11-6-7-12-13(10-11)34-28-17(12)25)19(32)29(8-9-33-20)15-5-3-4-14(27-15)21(22,23)24/h3-7,10,16,30H,2,8-9H2,1H3,(H2,25,28)(H,26,31)/t16?,20-/m1/s1. The number of nitrogens with one attached hydrogen (secondary N) is 1. The number of nitrogens with two attached hydrogens (primary N) is 1. The lowest BCUT2D eigenvalue weighted by Gasteiger charge is -2.42. The quantitative estimate of drug-likeness (QED) is 0.506. The van der Waals surface area contributed by atoms with E-state index in [9.17, 15) is 27.9 Å². The average molecular weight is 479 g/mol. The van der Waals surface area contributed by atoms with E-state index >= 15 is 0 Å². The summed E-state index contributed by atoms with van der Waals surface area (Å²) in [5.41, 5.74) is 2.99. The van der Waals surface area contributed by atoms with Gasteiger partial charge in [-0.3, -0.25) is 14.5 Å². The number of hydrogen-bond acceptors (Lipinski definition) is 8. The molecule has 13 heteroatoms. The number of ether oxygens (including phenoxy) is 1. The van der Waals surface area contributed by atoms with Crippen LogP contribution in [0.4, 0.5) is 30.5 Å². The Balaban J connectivity index is 1.59. The second-order valence-electron chi connectivity index (χ2n) is 7.60. The number of amides is 2. The highest BCUT2D eigenvalue weighted by Gasteiger charge is 2.53. The van der Waals surface area contributed by atoms with E-state index in [1.807, 2.05) is 0 Å². The number of anilines is 3. The van der Waals surface area contributed by atoms with Gasteiger partial charge in [-0.15, -0.1) is 0 Å². The molecule has 180 valence electrons. The summed E-state index contributed by atoms with van der Waals surface area (Å²) in [6.07, 6.45) is -6.82. The molecule has 34 heavy (non-hydrogen) atoms. The lowest BCUT2D eigenvalue weighted by atomic mass is 9.89. The first-order valence-corrected chi connectivity index (χ1v) is 10.2. The van der Waals surface area contributed by atoms with Gasteiger partial charge >= 0.3 is 6.18 Å². The number of pyridine rings is 1. The summed E-state index contributed by atoms with van der Waals surface area (Å²) in [5.74, 6) is -1.93. The Bertz CT molecular complexity index is 1250. The van der Waals surface area contributed by atoms with Crippen molar-refractivity contribution in [2.24, 2.45) is 0 Å². The zero-order valence-electron chi connectivity index (χ0n) is 17.8.